The molecule has 3 aromatic heterocycles. The third kappa shape index (κ3) is 14.9. The Bertz CT molecular complexity index is 2770. The van der Waals surface area contributed by atoms with Crippen molar-refractivity contribution in [1.29, 1.82) is 0 Å². The number of unbranched alkanes of at least 4 members (excludes halogenated alkanes) is 2. The van der Waals surface area contributed by atoms with Crippen LogP contribution in [0.1, 0.15) is 127 Å². The minimum atomic E-state index is -0.634. The van der Waals surface area contributed by atoms with E-state index in [1.165, 1.54) is 0 Å². The summed E-state index contributed by atoms with van der Waals surface area (Å²) in [6.45, 7) is 11.5. The predicted molar refractivity (Wildman–Crippen MR) is 291 cm³/mol. The lowest BCUT2D eigenvalue weighted by Gasteiger charge is -2.36. The molecule has 5 heterocycles. The number of ether oxygens (including phenoxy) is 2. The van der Waals surface area contributed by atoms with Crippen molar-refractivity contribution in [2.24, 2.45) is 5.92 Å². The molecule has 2 atom stereocenters. The maximum atomic E-state index is 13.9. The van der Waals surface area contributed by atoms with Gasteiger partial charge in [0.05, 0.1) is 43.2 Å². The van der Waals surface area contributed by atoms with Crippen LogP contribution in [-0.2, 0) is 29.1 Å². The molecule has 2 saturated heterocycles. The number of aryl methyl sites for hydroxylation is 1. The molecule has 0 radical (unpaired) electrons. The number of amides is 4. The van der Waals surface area contributed by atoms with Crippen LogP contribution in [0, 0.1) is 5.92 Å². The third-order valence-electron chi connectivity index (χ3n) is 15.0. The molecule has 17 nitrogen and oxygen atoms in total. The lowest BCUT2D eigenvalue weighted by atomic mass is 9.83. The molecule has 8 rings (SSSR count). The molecule has 3 fully saturated rings. The quantitative estimate of drug-likeness (QED) is 0.0446. The number of rotatable bonds is 23. The zero-order valence-corrected chi connectivity index (χ0v) is 44.1. The second-order valence-electron chi connectivity index (χ2n) is 20.2. The molecular formula is C58H76N10O7. The minimum absolute atomic E-state index is 0.0334. The third-order valence-corrected chi connectivity index (χ3v) is 15.0. The molecule has 1 unspecified atom stereocenters. The number of benzene rings is 2. The van der Waals surface area contributed by atoms with Crippen LogP contribution in [0.4, 0.5) is 5.69 Å². The molecule has 4 amide bonds. The van der Waals surface area contributed by atoms with Crippen molar-refractivity contribution in [3.05, 3.63) is 123 Å². The lowest BCUT2D eigenvalue weighted by Crippen LogP contribution is -2.51. The highest BCUT2D eigenvalue weighted by Crippen LogP contribution is 2.30. The molecule has 2 aliphatic heterocycles. The number of nitrogens with zero attached hydrogens (tertiary/aromatic N) is 5. The molecule has 2 aromatic carbocycles. The van der Waals surface area contributed by atoms with E-state index in [0.29, 0.717) is 62.8 Å². The number of piperidine rings is 1. The summed E-state index contributed by atoms with van der Waals surface area (Å²) in [5, 5.41) is 12.5. The Morgan fingerprint density at radius 1 is 0.800 bits per heavy atom. The second kappa shape index (κ2) is 27.1. The number of H-pyrrole nitrogens is 1. The van der Waals surface area contributed by atoms with Crippen molar-refractivity contribution in [3.8, 4) is 11.5 Å². The maximum Gasteiger partial charge on any atom is 0.269 e. The van der Waals surface area contributed by atoms with Crippen LogP contribution in [0.25, 0.3) is 11.0 Å². The second-order valence-corrected chi connectivity index (χ2v) is 20.2. The number of fused-ring (bicyclic) bond motifs is 1. The highest BCUT2D eigenvalue weighted by Gasteiger charge is 2.32. The molecule has 5 N–H and O–H groups in total. The van der Waals surface area contributed by atoms with Crippen LogP contribution in [0.3, 0.4) is 0 Å². The van der Waals surface area contributed by atoms with Gasteiger partial charge in [-0.25, -0.2) is 4.98 Å². The molecule has 400 valence electrons. The first-order chi connectivity index (χ1) is 36.6. The van der Waals surface area contributed by atoms with Gasteiger partial charge in [-0.05, 0) is 118 Å². The zero-order valence-electron chi connectivity index (χ0n) is 44.1. The van der Waals surface area contributed by atoms with Crippen LogP contribution < -0.4 is 41.2 Å². The Kier molecular flexibility index (Phi) is 19.7. The fourth-order valence-corrected chi connectivity index (χ4v) is 10.7. The molecular weight excluding hydrogens is 949 g/mol. The monoisotopic (exact) mass is 1020 g/mol. The number of carbonyl (C=O) groups is 4. The summed E-state index contributed by atoms with van der Waals surface area (Å²) >= 11 is 0. The van der Waals surface area contributed by atoms with Crippen LogP contribution >= 0.6 is 0 Å². The van der Waals surface area contributed by atoms with Crippen molar-refractivity contribution < 1.29 is 28.7 Å². The summed E-state index contributed by atoms with van der Waals surface area (Å²) in [6, 6.07) is 20.3. The Morgan fingerprint density at radius 3 is 2.37 bits per heavy atom. The summed E-state index contributed by atoms with van der Waals surface area (Å²) in [4.78, 5) is 85.1. The fraction of sp³-hybridized carbons (Fsp3) is 0.500. The van der Waals surface area contributed by atoms with Gasteiger partial charge in [0.25, 0.3) is 17.4 Å². The van der Waals surface area contributed by atoms with Gasteiger partial charge in [-0.3, -0.25) is 33.9 Å². The van der Waals surface area contributed by atoms with Gasteiger partial charge in [-0.1, -0.05) is 44.4 Å². The number of nitrogens with one attached hydrogen (secondary N) is 5. The molecule has 0 spiro atoms. The van der Waals surface area contributed by atoms with Gasteiger partial charge >= 0.3 is 0 Å². The highest BCUT2D eigenvalue weighted by molar-refractivity contribution is 5.98. The van der Waals surface area contributed by atoms with E-state index in [2.05, 4.69) is 46.0 Å². The zero-order chi connectivity index (χ0) is 52.5. The highest BCUT2D eigenvalue weighted by atomic mass is 16.5. The summed E-state index contributed by atoms with van der Waals surface area (Å²) in [7, 11) is 1.62. The minimum Gasteiger partial charge on any atom is -0.497 e. The number of aromatic nitrogens is 3. The number of pyridine rings is 3. The van der Waals surface area contributed by atoms with Crippen molar-refractivity contribution in [2.45, 2.75) is 110 Å². The van der Waals surface area contributed by atoms with Crippen molar-refractivity contribution >= 4 is 40.3 Å². The number of anilines is 1. The largest absolute Gasteiger partial charge is 0.497 e. The lowest BCUT2D eigenvalue weighted by molar-refractivity contribution is -0.131. The Labute approximate surface area is 440 Å². The van der Waals surface area contributed by atoms with E-state index in [4.69, 9.17) is 9.47 Å². The van der Waals surface area contributed by atoms with Crippen molar-refractivity contribution in [2.75, 3.05) is 77.5 Å². The molecule has 3 aliphatic rings. The number of hydrogen-bond acceptors (Lipinski definition) is 12. The summed E-state index contributed by atoms with van der Waals surface area (Å²) in [5.41, 5.74) is 7.13. The number of carbonyl (C=O) groups excluding carboxylic acids is 4. The van der Waals surface area contributed by atoms with E-state index < -0.39 is 6.04 Å². The number of hydrogen-bond donors (Lipinski definition) is 5. The first-order valence-corrected chi connectivity index (χ1v) is 27.3. The van der Waals surface area contributed by atoms with Gasteiger partial charge in [-0.2, -0.15) is 0 Å². The van der Waals surface area contributed by atoms with Gasteiger partial charge in [-0.15, -0.1) is 0 Å². The van der Waals surface area contributed by atoms with Crippen molar-refractivity contribution in [1.82, 2.24) is 46.0 Å². The topological polar surface area (TPSA) is 203 Å². The first kappa shape index (κ1) is 54.4. The maximum absolute atomic E-state index is 13.9. The normalized spacial score (nSPS) is 16.8. The summed E-state index contributed by atoms with van der Waals surface area (Å²) < 4.78 is 11.1. The Hall–Kier alpha value is -6.85. The van der Waals surface area contributed by atoms with Crippen LogP contribution in [0.15, 0.2) is 83.9 Å². The van der Waals surface area contributed by atoms with Gasteiger partial charge in [0.1, 0.15) is 23.2 Å². The Balaban J connectivity index is 0.736. The van der Waals surface area contributed by atoms with Gasteiger partial charge in [0, 0.05) is 100 Å². The average molecular weight is 1030 g/mol. The molecule has 0 bridgehead atoms. The summed E-state index contributed by atoms with van der Waals surface area (Å²) in [5.74, 6) is 0.994. The SMILES string of the molecule is CCOc1cc(OC)ccc1CNCC(=O)N1CCCC(c2cccc(C(=O)N[C@@H](C(=O)NCCCCCNC(=O)c3ccc(N4CCN(Cc5cnc6cc(CC)c(=O)[nH]c6c5)CC4)cn3)C3CCCCC3)c2)C1. The fourth-order valence-electron chi connectivity index (χ4n) is 10.7. The van der Waals surface area contributed by atoms with E-state index in [1.54, 1.807) is 25.4 Å². The number of methoxy groups -OCH3 is 1. The molecule has 17 heteroatoms. The van der Waals surface area contributed by atoms with Crippen LogP contribution in [0.5, 0.6) is 11.5 Å². The van der Waals surface area contributed by atoms with Gasteiger partial charge in [0.2, 0.25) is 11.8 Å². The van der Waals surface area contributed by atoms with E-state index in [0.717, 1.165) is 142 Å². The molecule has 1 aliphatic carbocycles. The van der Waals surface area contributed by atoms with E-state index in [9.17, 15) is 24.0 Å². The average Bonchev–Trinajstić information content (AvgIpc) is 3.44. The first-order valence-electron chi connectivity index (χ1n) is 27.3. The van der Waals surface area contributed by atoms with Crippen LogP contribution in [-0.4, -0.2) is 127 Å². The smallest absolute Gasteiger partial charge is 0.269 e. The Morgan fingerprint density at radius 2 is 1.61 bits per heavy atom. The summed E-state index contributed by atoms with van der Waals surface area (Å²) in [6.07, 6.45) is 13.4. The van der Waals surface area contributed by atoms with Gasteiger partial charge in [0.15, 0.2) is 0 Å². The number of likely N-dealkylation sites (tertiary alicyclic amines) is 1. The van der Waals surface area contributed by atoms with E-state index in [1.807, 2.05) is 79.5 Å². The molecule has 75 heavy (non-hydrogen) atoms. The van der Waals surface area contributed by atoms with Crippen LogP contribution in [0.2, 0.25) is 0 Å². The van der Waals surface area contributed by atoms with Gasteiger partial charge < -0.3 is 45.5 Å². The van der Waals surface area contributed by atoms with E-state index >= 15 is 0 Å². The standard InChI is InChI=1S/C58H76N10O7/c1-4-41-32-50-51(64-55(41)70)30-40(34-62-50)38-66-26-28-67(29-27-66)47-20-22-49(63-36-47)57(72)60-23-10-7-11-24-61-58(73)54(42-14-8-6-9-15-42)65-56(71)44-17-12-16-43(31-44)46-18-13-25-68(39-46)53(69)37-59-35-45-19-21-48(74-3)33-52(45)75-5-2/h12,16-17,19-22,30-34,36,42,46,54,59H,4-11,13-15,18,23-29,35,37-39H2,1-3H3,(H,60,72)(H,61,73)(H,64,70)(H,65,71)/t46?,54-/m1/s1. The predicted octanol–water partition coefficient (Wildman–Crippen LogP) is 6.50. The van der Waals surface area contributed by atoms with Crippen molar-refractivity contribution in [3.63, 3.8) is 0 Å². The number of piperazine rings is 1. The molecule has 1 saturated carbocycles. The van der Waals surface area contributed by atoms with E-state index in [-0.39, 0.29) is 47.6 Å². The number of aromatic amines is 1. The molecule has 5 aromatic rings.